The maximum absolute atomic E-state index is 6.40. The predicted molar refractivity (Wildman–Crippen MR) is 82.6 cm³/mol. The van der Waals surface area contributed by atoms with E-state index in [4.69, 9.17) is 18.0 Å². The van der Waals surface area contributed by atoms with Crippen molar-refractivity contribution in [3.8, 4) is 0 Å². The molecule has 1 aliphatic heterocycles. The molecule has 4 nitrogen and oxygen atoms in total. The van der Waals surface area contributed by atoms with E-state index in [0.29, 0.717) is 19.8 Å². The normalized spacial score (nSPS) is 25.8. The van der Waals surface area contributed by atoms with Gasteiger partial charge < -0.3 is 18.0 Å². The second-order valence-electron chi connectivity index (χ2n) is 5.31. The molecule has 1 atom stereocenters. The molecule has 1 unspecified atom stereocenters. The lowest BCUT2D eigenvalue weighted by Gasteiger charge is -2.44. The van der Waals surface area contributed by atoms with Gasteiger partial charge in [0.2, 0.25) is 0 Å². The minimum Gasteiger partial charge on any atom is -0.374 e. The van der Waals surface area contributed by atoms with Gasteiger partial charge in [0.1, 0.15) is 0 Å². The van der Waals surface area contributed by atoms with Gasteiger partial charge in [0.25, 0.3) is 0 Å². The molecular formula is C15H32O4Si. The van der Waals surface area contributed by atoms with Crippen LogP contribution in [-0.2, 0) is 18.0 Å². The van der Waals surface area contributed by atoms with Crippen molar-refractivity contribution < 1.29 is 18.0 Å². The molecular weight excluding hydrogens is 272 g/mol. The molecule has 1 aliphatic rings. The van der Waals surface area contributed by atoms with E-state index in [1.165, 1.54) is 12.8 Å². The average molecular weight is 305 g/mol. The highest BCUT2D eigenvalue weighted by Crippen LogP contribution is 2.39. The van der Waals surface area contributed by atoms with Gasteiger partial charge in [0.15, 0.2) is 5.79 Å². The fourth-order valence-electron chi connectivity index (χ4n) is 2.90. The van der Waals surface area contributed by atoms with Gasteiger partial charge in [0, 0.05) is 38.7 Å². The lowest BCUT2D eigenvalue weighted by Crippen LogP contribution is -2.57. The Morgan fingerprint density at radius 2 is 1.70 bits per heavy atom. The molecule has 120 valence electrons. The van der Waals surface area contributed by atoms with Gasteiger partial charge in [-0.05, 0) is 33.6 Å². The Morgan fingerprint density at radius 1 is 1.00 bits per heavy atom. The second kappa shape index (κ2) is 9.15. The first-order valence-electron chi connectivity index (χ1n) is 8.28. The average Bonchev–Trinajstić information content (AvgIpc) is 2.40. The smallest absolute Gasteiger partial charge is 0.374 e. The molecule has 0 spiro atoms. The first-order chi connectivity index (χ1) is 9.66. The molecule has 0 aromatic carbocycles. The van der Waals surface area contributed by atoms with Gasteiger partial charge in [-0.25, -0.2) is 0 Å². The molecule has 0 N–H and O–H groups in total. The molecule has 0 aromatic heterocycles. The summed E-state index contributed by atoms with van der Waals surface area (Å²) in [4.78, 5) is 0. The van der Waals surface area contributed by atoms with Crippen molar-refractivity contribution in [3.05, 3.63) is 0 Å². The van der Waals surface area contributed by atoms with Gasteiger partial charge in [-0.3, -0.25) is 0 Å². The van der Waals surface area contributed by atoms with Gasteiger partial charge in [-0.15, -0.1) is 0 Å². The van der Waals surface area contributed by atoms with E-state index in [0.717, 1.165) is 31.7 Å². The molecule has 1 saturated heterocycles. The summed E-state index contributed by atoms with van der Waals surface area (Å²) in [6, 6.07) is 0.914. The number of hydrogen-bond donors (Lipinski definition) is 0. The summed E-state index contributed by atoms with van der Waals surface area (Å²) in [6.45, 7) is 10.2. The van der Waals surface area contributed by atoms with Crippen LogP contribution in [0.25, 0.3) is 0 Å². The fourth-order valence-corrected chi connectivity index (χ4v) is 5.81. The first-order valence-corrected chi connectivity index (χ1v) is 10.2. The molecule has 0 aliphatic carbocycles. The molecule has 0 bridgehead atoms. The SMILES string of the molecule is CCCCCC1(OCC)CCC[Si](OCC)(OCC)O1. The summed E-state index contributed by atoms with van der Waals surface area (Å²) >= 11 is 0. The van der Waals surface area contributed by atoms with Crippen LogP contribution < -0.4 is 0 Å². The van der Waals surface area contributed by atoms with Crippen molar-refractivity contribution in [1.29, 1.82) is 0 Å². The van der Waals surface area contributed by atoms with Crippen LogP contribution in [0.15, 0.2) is 0 Å². The maximum Gasteiger partial charge on any atom is 0.503 e. The van der Waals surface area contributed by atoms with Crippen LogP contribution in [0.2, 0.25) is 6.04 Å². The van der Waals surface area contributed by atoms with Crippen LogP contribution in [-0.4, -0.2) is 34.4 Å². The number of ether oxygens (including phenoxy) is 1. The van der Waals surface area contributed by atoms with Crippen LogP contribution in [0.4, 0.5) is 0 Å². The summed E-state index contributed by atoms with van der Waals surface area (Å²) in [5.74, 6) is -0.473. The molecule has 5 heteroatoms. The third-order valence-corrected chi connectivity index (χ3v) is 6.79. The number of unbranched alkanes of at least 4 members (excludes halogenated alkanes) is 2. The first kappa shape index (κ1) is 18.1. The zero-order chi connectivity index (χ0) is 14.9. The third-order valence-electron chi connectivity index (χ3n) is 3.68. The van der Waals surface area contributed by atoms with E-state index in [1.807, 2.05) is 20.8 Å². The Balaban J connectivity index is 2.76. The van der Waals surface area contributed by atoms with Crippen molar-refractivity contribution in [2.45, 2.75) is 78.1 Å². The van der Waals surface area contributed by atoms with Gasteiger partial charge in [-0.1, -0.05) is 19.8 Å². The molecule has 0 saturated carbocycles. The molecule has 0 radical (unpaired) electrons. The Kier molecular flexibility index (Phi) is 8.29. The molecule has 20 heavy (non-hydrogen) atoms. The summed E-state index contributed by atoms with van der Waals surface area (Å²) in [5.41, 5.74) is 0. The van der Waals surface area contributed by atoms with E-state index >= 15 is 0 Å². The summed E-state index contributed by atoms with van der Waals surface area (Å²) in [7, 11) is -2.54. The van der Waals surface area contributed by atoms with Gasteiger partial charge in [0.05, 0.1) is 0 Å². The lowest BCUT2D eigenvalue weighted by atomic mass is 10.0. The van der Waals surface area contributed by atoms with Crippen LogP contribution in [0, 0.1) is 0 Å². The Morgan fingerprint density at radius 3 is 2.25 bits per heavy atom. The van der Waals surface area contributed by atoms with Crippen molar-refractivity contribution in [2.24, 2.45) is 0 Å². The lowest BCUT2D eigenvalue weighted by molar-refractivity contribution is -0.226. The molecule has 1 fully saturated rings. The van der Waals surface area contributed by atoms with E-state index in [-0.39, 0.29) is 0 Å². The highest BCUT2D eigenvalue weighted by molar-refractivity contribution is 6.61. The second-order valence-corrected chi connectivity index (χ2v) is 7.95. The summed E-state index contributed by atoms with van der Waals surface area (Å²) in [5, 5.41) is 0. The van der Waals surface area contributed by atoms with Crippen LogP contribution in [0.1, 0.15) is 66.2 Å². The Bertz CT molecular complexity index is 247. The summed E-state index contributed by atoms with van der Waals surface area (Å²) in [6.07, 6.45) is 6.54. The van der Waals surface area contributed by atoms with Gasteiger partial charge in [-0.2, -0.15) is 0 Å². The Hall–Kier alpha value is 0.0569. The largest absolute Gasteiger partial charge is 0.503 e. The number of rotatable bonds is 10. The monoisotopic (exact) mass is 304 g/mol. The van der Waals surface area contributed by atoms with E-state index in [2.05, 4.69) is 6.92 Å². The fraction of sp³-hybridized carbons (Fsp3) is 1.00. The van der Waals surface area contributed by atoms with Crippen molar-refractivity contribution >= 4 is 8.80 Å². The highest BCUT2D eigenvalue weighted by Gasteiger charge is 2.52. The van der Waals surface area contributed by atoms with E-state index in [1.54, 1.807) is 0 Å². The Labute approximate surface area is 125 Å². The van der Waals surface area contributed by atoms with E-state index < -0.39 is 14.6 Å². The minimum atomic E-state index is -2.54. The van der Waals surface area contributed by atoms with Crippen LogP contribution in [0.3, 0.4) is 0 Å². The van der Waals surface area contributed by atoms with Crippen molar-refractivity contribution in [2.75, 3.05) is 19.8 Å². The van der Waals surface area contributed by atoms with Crippen LogP contribution >= 0.6 is 0 Å². The molecule has 0 aromatic rings. The highest BCUT2D eigenvalue weighted by atomic mass is 28.4. The minimum absolute atomic E-state index is 0.473. The van der Waals surface area contributed by atoms with E-state index in [9.17, 15) is 0 Å². The van der Waals surface area contributed by atoms with Crippen LogP contribution in [0.5, 0.6) is 0 Å². The van der Waals surface area contributed by atoms with Crippen molar-refractivity contribution in [3.63, 3.8) is 0 Å². The summed E-state index contributed by atoms with van der Waals surface area (Å²) < 4.78 is 24.3. The zero-order valence-electron chi connectivity index (χ0n) is 13.7. The number of hydrogen-bond acceptors (Lipinski definition) is 4. The topological polar surface area (TPSA) is 36.9 Å². The standard InChI is InChI=1S/C15H32O4Si/c1-5-9-10-12-15(16-6-2)13-11-14-20(19-15,17-7-3)18-8-4/h5-14H2,1-4H3. The molecule has 1 heterocycles. The predicted octanol–water partition coefficient (Wildman–Crippen LogP) is 4.12. The molecule has 1 rings (SSSR count). The van der Waals surface area contributed by atoms with Gasteiger partial charge >= 0.3 is 8.80 Å². The van der Waals surface area contributed by atoms with Crippen molar-refractivity contribution in [1.82, 2.24) is 0 Å². The molecule has 0 amide bonds. The zero-order valence-corrected chi connectivity index (χ0v) is 14.7. The third kappa shape index (κ3) is 5.11. The quantitative estimate of drug-likeness (QED) is 0.449. The maximum atomic E-state index is 6.40.